The quantitative estimate of drug-likeness (QED) is 0.431. The molecule has 3 aromatic carbocycles. The van der Waals surface area contributed by atoms with E-state index in [1.54, 1.807) is 54.6 Å². The van der Waals surface area contributed by atoms with Crippen molar-refractivity contribution in [2.45, 2.75) is 4.90 Å². The lowest BCUT2D eigenvalue weighted by Crippen LogP contribution is -2.17. The predicted molar refractivity (Wildman–Crippen MR) is 122 cm³/mol. The molecule has 2 heterocycles. The molecule has 5 rings (SSSR count). The summed E-state index contributed by atoms with van der Waals surface area (Å²) in [6.07, 6.45) is 1.43. The van der Waals surface area contributed by atoms with Gasteiger partial charge in [0.05, 0.1) is 10.6 Å². The largest absolute Gasteiger partial charge is 0.486 e. The van der Waals surface area contributed by atoms with Crippen molar-refractivity contribution in [1.29, 1.82) is 0 Å². The van der Waals surface area contributed by atoms with Gasteiger partial charge in [-0.3, -0.25) is 9.52 Å². The zero-order valence-corrected chi connectivity index (χ0v) is 18.4. The van der Waals surface area contributed by atoms with Crippen LogP contribution in [0, 0.1) is 0 Å². The number of benzene rings is 3. The van der Waals surface area contributed by atoms with Gasteiger partial charge in [0.1, 0.15) is 19.5 Å². The Kier molecular flexibility index (Phi) is 5.55. The highest BCUT2D eigenvalue weighted by Crippen LogP contribution is 2.32. The number of nitrogens with zero attached hydrogens (tertiary/aromatic N) is 4. The molecule has 0 radical (unpaired) electrons. The van der Waals surface area contributed by atoms with Gasteiger partial charge in [0.25, 0.3) is 15.9 Å². The first-order valence-electron chi connectivity index (χ1n) is 10.2. The molecule has 172 valence electrons. The Morgan fingerprint density at radius 1 is 0.912 bits per heavy atom. The highest BCUT2D eigenvalue weighted by atomic mass is 32.2. The Hall–Kier alpha value is -4.45. The Balaban J connectivity index is 1.27. The first-order chi connectivity index (χ1) is 16.5. The normalized spacial score (nSPS) is 12.7. The number of rotatable bonds is 6. The maximum absolute atomic E-state index is 12.8. The zero-order chi connectivity index (χ0) is 23.5. The summed E-state index contributed by atoms with van der Waals surface area (Å²) in [5, 5.41) is 13.8. The number of hydrogen-bond acceptors (Lipinski definition) is 8. The summed E-state index contributed by atoms with van der Waals surface area (Å²) < 4.78 is 40.4. The number of carbonyl (C=O) groups is 1. The minimum atomic E-state index is -3.84. The summed E-state index contributed by atoms with van der Waals surface area (Å²) in [5.41, 5.74) is 1.90. The van der Waals surface area contributed by atoms with Crippen LogP contribution in [0.2, 0.25) is 0 Å². The van der Waals surface area contributed by atoms with Crippen LogP contribution in [0.15, 0.2) is 78.0 Å². The Morgan fingerprint density at radius 3 is 2.44 bits per heavy atom. The second kappa shape index (κ2) is 8.83. The van der Waals surface area contributed by atoms with Crippen LogP contribution in [0.3, 0.4) is 0 Å². The average molecular weight is 478 g/mol. The van der Waals surface area contributed by atoms with Gasteiger partial charge in [-0.15, -0.1) is 5.10 Å². The van der Waals surface area contributed by atoms with Crippen molar-refractivity contribution >= 4 is 27.3 Å². The SMILES string of the molecule is O=C(Nc1ccc(NS(=O)(=O)c2ccc3c(c2)OCCO3)cc1)c1cccc(-n2cnnn2)c1. The van der Waals surface area contributed by atoms with Gasteiger partial charge in [-0.1, -0.05) is 6.07 Å². The molecule has 1 amide bonds. The number of fused-ring (bicyclic) bond motifs is 1. The molecule has 0 bridgehead atoms. The molecule has 12 heteroatoms. The van der Waals surface area contributed by atoms with Gasteiger partial charge >= 0.3 is 0 Å². The Morgan fingerprint density at radius 2 is 1.68 bits per heavy atom. The molecule has 0 aliphatic carbocycles. The van der Waals surface area contributed by atoms with Crippen molar-refractivity contribution in [2.75, 3.05) is 23.3 Å². The first-order valence-corrected chi connectivity index (χ1v) is 11.6. The number of sulfonamides is 1. The van der Waals surface area contributed by atoms with Crippen molar-refractivity contribution in [2.24, 2.45) is 0 Å². The summed E-state index contributed by atoms with van der Waals surface area (Å²) in [6, 6.07) is 17.6. The van der Waals surface area contributed by atoms with E-state index in [9.17, 15) is 13.2 Å². The number of carbonyl (C=O) groups excluding carboxylic acids is 1. The lowest BCUT2D eigenvalue weighted by molar-refractivity contribution is 0.102. The number of amides is 1. The highest BCUT2D eigenvalue weighted by molar-refractivity contribution is 7.92. The van der Waals surface area contributed by atoms with Crippen LogP contribution < -0.4 is 19.5 Å². The summed E-state index contributed by atoms with van der Waals surface area (Å²) in [4.78, 5) is 12.7. The smallest absolute Gasteiger partial charge is 0.262 e. The molecule has 0 saturated carbocycles. The maximum atomic E-state index is 12.8. The van der Waals surface area contributed by atoms with Crippen molar-refractivity contribution in [1.82, 2.24) is 20.2 Å². The molecule has 4 aromatic rings. The summed E-state index contributed by atoms with van der Waals surface area (Å²) in [6.45, 7) is 0.782. The summed E-state index contributed by atoms with van der Waals surface area (Å²) >= 11 is 0. The molecule has 0 atom stereocenters. The van der Waals surface area contributed by atoms with Crippen molar-refractivity contribution in [3.05, 3.63) is 78.6 Å². The van der Waals surface area contributed by atoms with Crippen LogP contribution in [0.25, 0.3) is 5.69 Å². The van der Waals surface area contributed by atoms with E-state index >= 15 is 0 Å². The first kappa shape index (κ1) is 21.4. The molecule has 1 aromatic heterocycles. The molecule has 0 unspecified atom stereocenters. The van der Waals surface area contributed by atoms with Crippen molar-refractivity contribution < 1.29 is 22.7 Å². The number of anilines is 2. The highest BCUT2D eigenvalue weighted by Gasteiger charge is 2.19. The standard InChI is InChI=1S/C22H18N6O5S/c29-22(15-2-1-3-18(12-15)28-14-23-26-27-28)24-16-4-6-17(7-5-16)25-34(30,31)19-8-9-20-21(13-19)33-11-10-32-20/h1-9,12-14,25H,10-11H2,(H,24,29). The molecule has 0 fully saturated rings. The van der Waals surface area contributed by atoms with Gasteiger partial charge in [0.2, 0.25) is 0 Å². The van der Waals surface area contributed by atoms with Crippen LogP contribution >= 0.6 is 0 Å². The molecule has 2 N–H and O–H groups in total. The Labute approximate surface area is 194 Å². The minimum absolute atomic E-state index is 0.0524. The van der Waals surface area contributed by atoms with Gasteiger partial charge < -0.3 is 14.8 Å². The number of aromatic nitrogens is 4. The average Bonchev–Trinajstić information content (AvgIpc) is 3.40. The minimum Gasteiger partial charge on any atom is -0.486 e. The lowest BCUT2D eigenvalue weighted by Gasteiger charge is -2.19. The van der Waals surface area contributed by atoms with Gasteiger partial charge in [0, 0.05) is 23.0 Å². The van der Waals surface area contributed by atoms with Crippen LogP contribution in [0.1, 0.15) is 10.4 Å². The van der Waals surface area contributed by atoms with E-state index in [2.05, 4.69) is 25.6 Å². The second-order valence-electron chi connectivity index (χ2n) is 7.25. The second-order valence-corrected chi connectivity index (χ2v) is 8.93. The Bertz CT molecular complexity index is 1440. The van der Waals surface area contributed by atoms with Crippen LogP contribution in [-0.4, -0.2) is 47.7 Å². The van der Waals surface area contributed by atoms with Crippen LogP contribution in [0.4, 0.5) is 11.4 Å². The monoisotopic (exact) mass is 478 g/mol. The van der Waals surface area contributed by atoms with Crippen LogP contribution in [-0.2, 0) is 10.0 Å². The number of nitrogens with one attached hydrogen (secondary N) is 2. The van der Waals surface area contributed by atoms with Gasteiger partial charge in [-0.05, 0) is 65.0 Å². The summed E-state index contributed by atoms with van der Waals surface area (Å²) in [5.74, 6) is 0.560. The zero-order valence-electron chi connectivity index (χ0n) is 17.6. The van der Waals surface area contributed by atoms with E-state index in [0.29, 0.717) is 47.3 Å². The fourth-order valence-electron chi connectivity index (χ4n) is 3.30. The molecular formula is C22H18N6O5S. The molecular weight excluding hydrogens is 460 g/mol. The maximum Gasteiger partial charge on any atom is 0.262 e. The van der Waals surface area contributed by atoms with E-state index in [1.165, 1.54) is 23.1 Å². The summed E-state index contributed by atoms with van der Waals surface area (Å²) in [7, 11) is -3.84. The molecule has 1 aliphatic rings. The van der Waals surface area contributed by atoms with E-state index in [1.807, 2.05) is 0 Å². The van der Waals surface area contributed by atoms with E-state index < -0.39 is 10.0 Å². The molecule has 1 aliphatic heterocycles. The molecule has 0 saturated heterocycles. The van der Waals surface area contributed by atoms with Crippen molar-refractivity contribution in [3.8, 4) is 17.2 Å². The predicted octanol–water partition coefficient (Wildman–Crippen LogP) is 2.49. The van der Waals surface area contributed by atoms with Crippen molar-refractivity contribution in [3.63, 3.8) is 0 Å². The fraction of sp³-hybridized carbons (Fsp3) is 0.0909. The third-order valence-corrected chi connectivity index (χ3v) is 6.32. The lowest BCUT2D eigenvalue weighted by atomic mass is 10.2. The van der Waals surface area contributed by atoms with E-state index in [0.717, 1.165) is 0 Å². The third kappa shape index (κ3) is 4.52. The molecule has 34 heavy (non-hydrogen) atoms. The van der Waals surface area contributed by atoms with E-state index in [-0.39, 0.29) is 10.8 Å². The molecule has 11 nitrogen and oxygen atoms in total. The van der Waals surface area contributed by atoms with Gasteiger partial charge in [0.15, 0.2) is 11.5 Å². The van der Waals surface area contributed by atoms with E-state index in [4.69, 9.17) is 9.47 Å². The number of tetrazole rings is 1. The molecule has 0 spiro atoms. The topological polar surface area (TPSA) is 137 Å². The van der Waals surface area contributed by atoms with Crippen LogP contribution in [0.5, 0.6) is 11.5 Å². The number of hydrogen-bond donors (Lipinski definition) is 2. The third-order valence-electron chi connectivity index (χ3n) is 4.94. The fourth-order valence-corrected chi connectivity index (χ4v) is 4.37. The number of ether oxygens (including phenoxy) is 2. The van der Waals surface area contributed by atoms with Gasteiger partial charge in [-0.25, -0.2) is 13.1 Å². The van der Waals surface area contributed by atoms with Gasteiger partial charge in [-0.2, -0.15) is 0 Å².